The van der Waals surface area contributed by atoms with Crippen LogP contribution in [0.4, 0.5) is 0 Å². The van der Waals surface area contributed by atoms with Crippen molar-refractivity contribution in [3.8, 4) is 12.3 Å². The van der Waals surface area contributed by atoms with Crippen molar-refractivity contribution in [3.05, 3.63) is 0 Å². The van der Waals surface area contributed by atoms with Gasteiger partial charge in [-0.2, -0.15) is 0 Å². The predicted octanol–water partition coefficient (Wildman–Crippen LogP) is 0.468. The highest BCUT2D eigenvalue weighted by molar-refractivity contribution is 5.93. The third kappa shape index (κ3) is 3.28. The molecule has 0 radical (unpaired) electrons. The summed E-state index contributed by atoms with van der Waals surface area (Å²) in [5, 5.41) is 2.72. The minimum Gasteiger partial charge on any atom is -0.469 e. The first-order valence-corrected chi connectivity index (χ1v) is 5.02. The SMILES string of the molecule is C#CC(=O)NC1CCC(C(=O)OC)CC1. The number of amides is 1. The molecule has 1 saturated carbocycles. The molecular weight excluding hydrogens is 194 g/mol. The topological polar surface area (TPSA) is 55.4 Å². The Hall–Kier alpha value is -1.50. The van der Waals surface area contributed by atoms with Crippen molar-refractivity contribution in [2.24, 2.45) is 5.92 Å². The third-order valence-corrected chi connectivity index (χ3v) is 2.73. The van der Waals surface area contributed by atoms with E-state index in [1.54, 1.807) is 0 Å². The highest BCUT2D eigenvalue weighted by Crippen LogP contribution is 2.25. The molecule has 4 nitrogen and oxygen atoms in total. The second kappa shape index (κ2) is 5.40. The van der Waals surface area contributed by atoms with Crippen LogP contribution in [0, 0.1) is 18.3 Å². The molecule has 0 aromatic rings. The van der Waals surface area contributed by atoms with Crippen molar-refractivity contribution in [2.45, 2.75) is 31.7 Å². The Labute approximate surface area is 89.4 Å². The summed E-state index contributed by atoms with van der Waals surface area (Å²) >= 11 is 0. The van der Waals surface area contributed by atoms with Gasteiger partial charge in [0.05, 0.1) is 13.0 Å². The fourth-order valence-corrected chi connectivity index (χ4v) is 1.87. The fraction of sp³-hybridized carbons (Fsp3) is 0.636. The number of carbonyl (C=O) groups excluding carboxylic acids is 2. The van der Waals surface area contributed by atoms with Crippen molar-refractivity contribution in [2.75, 3.05) is 7.11 Å². The van der Waals surface area contributed by atoms with E-state index < -0.39 is 0 Å². The molecule has 1 N–H and O–H groups in total. The lowest BCUT2D eigenvalue weighted by Crippen LogP contribution is -2.38. The van der Waals surface area contributed by atoms with Crippen molar-refractivity contribution < 1.29 is 14.3 Å². The number of nitrogens with one attached hydrogen (secondary N) is 1. The lowest BCUT2D eigenvalue weighted by Gasteiger charge is -2.26. The number of esters is 1. The number of methoxy groups -OCH3 is 1. The minimum atomic E-state index is -0.378. The van der Waals surface area contributed by atoms with Crippen LogP contribution in [0.2, 0.25) is 0 Å². The summed E-state index contributed by atoms with van der Waals surface area (Å²) in [6.07, 6.45) is 8.02. The molecular formula is C11H15NO3. The Kier molecular flexibility index (Phi) is 4.17. The third-order valence-electron chi connectivity index (χ3n) is 2.73. The van der Waals surface area contributed by atoms with E-state index in [0.717, 1.165) is 25.7 Å². The second-order valence-electron chi connectivity index (χ2n) is 3.69. The van der Waals surface area contributed by atoms with Crippen molar-refractivity contribution in [1.29, 1.82) is 0 Å². The number of rotatable bonds is 2. The maximum absolute atomic E-state index is 11.2. The molecule has 1 fully saturated rings. The molecule has 0 aromatic carbocycles. The van der Waals surface area contributed by atoms with Gasteiger partial charge < -0.3 is 10.1 Å². The zero-order valence-corrected chi connectivity index (χ0v) is 8.79. The van der Waals surface area contributed by atoms with E-state index in [-0.39, 0.29) is 23.8 Å². The van der Waals surface area contributed by atoms with Gasteiger partial charge in [0.25, 0.3) is 5.91 Å². The summed E-state index contributed by atoms with van der Waals surface area (Å²) in [5.41, 5.74) is 0. The summed E-state index contributed by atoms with van der Waals surface area (Å²) < 4.78 is 4.67. The van der Waals surface area contributed by atoms with Gasteiger partial charge in [0, 0.05) is 6.04 Å². The lowest BCUT2D eigenvalue weighted by molar-refractivity contribution is -0.146. The molecule has 0 aliphatic heterocycles. The normalized spacial score (nSPS) is 25.1. The summed E-state index contributed by atoms with van der Waals surface area (Å²) in [6, 6.07) is 0.106. The van der Waals surface area contributed by atoms with Crippen molar-refractivity contribution in [1.82, 2.24) is 5.32 Å². The van der Waals surface area contributed by atoms with E-state index in [4.69, 9.17) is 6.42 Å². The van der Waals surface area contributed by atoms with E-state index >= 15 is 0 Å². The quantitative estimate of drug-likeness (QED) is 0.531. The van der Waals surface area contributed by atoms with E-state index in [1.165, 1.54) is 7.11 Å². The summed E-state index contributed by atoms with van der Waals surface area (Å²) in [7, 11) is 1.40. The maximum Gasteiger partial charge on any atom is 0.308 e. The Bertz CT molecular complexity index is 285. The summed E-state index contributed by atoms with van der Waals surface area (Å²) in [6.45, 7) is 0. The molecule has 4 heteroatoms. The fourth-order valence-electron chi connectivity index (χ4n) is 1.87. The van der Waals surface area contributed by atoms with Crippen LogP contribution in [0.5, 0.6) is 0 Å². The van der Waals surface area contributed by atoms with E-state index in [0.29, 0.717) is 0 Å². The van der Waals surface area contributed by atoms with Crippen LogP contribution in [-0.4, -0.2) is 25.0 Å². The number of hydrogen-bond acceptors (Lipinski definition) is 3. The highest BCUT2D eigenvalue weighted by atomic mass is 16.5. The Morgan fingerprint density at radius 1 is 1.33 bits per heavy atom. The molecule has 1 aliphatic carbocycles. The van der Waals surface area contributed by atoms with Crippen molar-refractivity contribution >= 4 is 11.9 Å². The molecule has 1 amide bonds. The molecule has 0 unspecified atom stereocenters. The first-order valence-electron chi connectivity index (χ1n) is 5.02. The molecule has 0 bridgehead atoms. The average Bonchev–Trinajstić information content (AvgIpc) is 2.29. The molecule has 82 valence electrons. The van der Waals surface area contributed by atoms with Gasteiger partial charge in [-0.25, -0.2) is 0 Å². The standard InChI is InChI=1S/C11H15NO3/c1-3-10(13)12-9-6-4-8(5-7-9)11(14)15-2/h1,8-9H,4-7H2,2H3,(H,12,13). The molecule has 0 atom stereocenters. The molecule has 1 rings (SSSR count). The number of ether oxygens (including phenoxy) is 1. The lowest BCUT2D eigenvalue weighted by atomic mass is 9.86. The van der Waals surface area contributed by atoms with Crippen LogP contribution in [0.1, 0.15) is 25.7 Å². The molecule has 15 heavy (non-hydrogen) atoms. The van der Waals surface area contributed by atoms with Crippen LogP contribution in [-0.2, 0) is 14.3 Å². The van der Waals surface area contributed by atoms with Gasteiger partial charge in [0.1, 0.15) is 0 Å². The minimum absolute atomic E-state index is 0.0195. The van der Waals surface area contributed by atoms with E-state index in [2.05, 4.69) is 10.1 Å². The van der Waals surface area contributed by atoms with Gasteiger partial charge in [-0.05, 0) is 31.6 Å². The van der Waals surface area contributed by atoms with Gasteiger partial charge in [-0.3, -0.25) is 9.59 Å². The molecule has 0 aromatic heterocycles. The molecule has 0 spiro atoms. The maximum atomic E-state index is 11.2. The monoisotopic (exact) mass is 209 g/mol. The van der Waals surface area contributed by atoms with Crippen LogP contribution in [0.15, 0.2) is 0 Å². The summed E-state index contributed by atoms with van der Waals surface area (Å²) in [5.74, 6) is 1.46. The van der Waals surface area contributed by atoms with Gasteiger partial charge >= 0.3 is 5.97 Å². The molecule has 0 heterocycles. The summed E-state index contributed by atoms with van der Waals surface area (Å²) in [4.78, 5) is 22.1. The van der Waals surface area contributed by atoms with Crippen LogP contribution < -0.4 is 5.32 Å². The first kappa shape index (κ1) is 11.6. The molecule has 1 aliphatic rings. The first-order chi connectivity index (χ1) is 7.17. The number of carbonyl (C=O) groups is 2. The Morgan fingerprint density at radius 3 is 2.40 bits per heavy atom. The Morgan fingerprint density at radius 2 is 1.93 bits per heavy atom. The van der Waals surface area contributed by atoms with Gasteiger partial charge in [-0.15, -0.1) is 6.42 Å². The van der Waals surface area contributed by atoms with Crippen LogP contribution in [0.3, 0.4) is 0 Å². The van der Waals surface area contributed by atoms with E-state index in [1.807, 2.05) is 5.92 Å². The Balaban J connectivity index is 2.33. The van der Waals surface area contributed by atoms with Crippen molar-refractivity contribution in [3.63, 3.8) is 0 Å². The van der Waals surface area contributed by atoms with Gasteiger partial charge in [-0.1, -0.05) is 0 Å². The highest BCUT2D eigenvalue weighted by Gasteiger charge is 2.27. The average molecular weight is 209 g/mol. The number of hydrogen-bond donors (Lipinski definition) is 1. The largest absolute Gasteiger partial charge is 0.469 e. The van der Waals surface area contributed by atoms with E-state index in [9.17, 15) is 9.59 Å². The van der Waals surface area contributed by atoms with Gasteiger partial charge in [0.2, 0.25) is 0 Å². The van der Waals surface area contributed by atoms with Crippen LogP contribution >= 0.6 is 0 Å². The zero-order valence-electron chi connectivity index (χ0n) is 8.79. The van der Waals surface area contributed by atoms with Crippen LogP contribution in [0.25, 0.3) is 0 Å². The van der Waals surface area contributed by atoms with Gasteiger partial charge in [0.15, 0.2) is 0 Å². The molecule has 0 saturated heterocycles. The predicted molar refractivity (Wildman–Crippen MR) is 54.7 cm³/mol. The second-order valence-corrected chi connectivity index (χ2v) is 3.69. The smallest absolute Gasteiger partial charge is 0.308 e. The zero-order chi connectivity index (χ0) is 11.3. The number of terminal acetylenes is 1.